The third-order valence-corrected chi connectivity index (χ3v) is 16.4. The van der Waals surface area contributed by atoms with Gasteiger partial charge >= 0.3 is 0 Å². The van der Waals surface area contributed by atoms with E-state index in [1.165, 1.54) is 7.05 Å². The molecule has 0 radical (unpaired) electrons. The Bertz CT molecular complexity index is 3560. The van der Waals surface area contributed by atoms with Crippen LogP contribution in [0.15, 0.2) is 61.0 Å². The van der Waals surface area contributed by atoms with Crippen molar-refractivity contribution in [3.8, 4) is 12.4 Å². The summed E-state index contributed by atoms with van der Waals surface area (Å²) in [7, 11) is 4.22. The maximum Gasteiger partial charge on any atom is 0.298 e. The average molecular weight is 1800 g/mol. The molecule has 0 saturated carbocycles. The number of nitrogens with two attached hydrogens (primary N) is 5. The van der Waals surface area contributed by atoms with E-state index >= 15 is 0 Å². The molecule has 0 rings (SSSR count). The number of hydrogen-bond acceptors (Lipinski definition) is 25. The third kappa shape index (κ3) is 120. The highest BCUT2D eigenvalue weighted by atomic mass is 32.2. The van der Waals surface area contributed by atoms with Crippen molar-refractivity contribution in [2.75, 3.05) is 116 Å². The Balaban J connectivity index is -0.000000203. The molecule has 21 N–H and O–H groups in total. The maximum atomic E-state index is 10.9. The van der Waals surface area contributed by atoms with Crippen LogP contribution in [-0.4, -0.2) is 200 Å². The van der Waals surface area contributed by atoms with Crippen molar-refractivity contribution in [1.82, 2.24) is 71.4 Å². The quantitative estimate of drug-likeness (QED) is 0.00535. The van der Waals surface area contributed by atoms with Gasteiger partial charge in [0.15, 0.2) is 29.8 Å². The standard InChI is InChI=1S/C11H22N4.C11H23N3O2.C10H24N4O2S.C10H20N4.C10H21N3O2.C9H22N4O2S.C9H19N3O2.C8H20N4O2S/c1-11(2,3)7-6-8-13-10(14-9-12)15(4)5;1-11(2,3)7-6-8-12-10(13(4)5)9-14(15)16;1-10(2,3)7-6-8-12-9(14(4)5)13-17(11,15)16;1-10(2,3)6-5-7-13-9(12-4)14-8-11;1-10(2,3)6-5-7-12-9(11-4)8-13(14)15;1-9(2,3)6-5-7-12-8(11-4)13-16(10,14)15;1-9(2,3)5-4-6-11-8(10)7-12(13)14;1-8(2,3)5-4-6-11-7(9)12-15(10,13)14/h6-8H2,1-5H3,(H,13,14);9,12H,6-8H2,1-5H3;6-8H2,1-5H3,(H,12,13)(H2,11,15,16);5-7H2,1-4H3,(H2,12,13,14);8,11-12H,5-7H2,1-4H3;5-7H2,1-4H3,(H2,10,14,15)(H2,11,12,13);7,11H,4-6,10H2,1-3H3;4-6H2,1-3H3,(H3,9,11,12)(H2,10,13,14)/b;10-9-;;;9-8+;;8-7+;. The number of nitrogens with zero attached hydrogens (tertiary/aromatic N) is 13. The van der Waals surface area contributed by atoms with Crippen LogP contribution in [0.1, 0.15) is 269 Å². The highest BCUT2D eigenvalue weighted by Gasteiger charge is 2.17. The van der Waals surface area contributed by atoms with E-state index in [-0.39, 0.29) is 39.9 Å². The van der Waals surface area contributed by atoms with Crippen molar-refractivity contribution in [2.45, 2.75) is 269 Å². The van der Waals surface area contributed by atoms with Crippen LogP contribution < -0.4 is 83.6 Å². The van der Waals surface area contributed by atoms with Crippen molar-refractivity contribution >= 4 is 60.4 Å². The largest absolute Gasteiger partial charge is 0.380 e. The van der Waals surface area contributed by atoms with Gasteiger partial charge < -0.3 is 58.1 Å². The zero-order valence-electron chi connectivity index (χ0n) is 81.0. The predicted octanol–water partition coefficient (Wildman–Crippen LogP) is 9.06. The molecule has 0 spiro atoms. The van der Waals surface area contributed by atoms with Crippen LogP contribution in [0.2, 0.25) is 0 Å². The fraction of sp³-hybridized carbons (Fsp3) is 0.833. The molecular weight excluding hydrogens is 1630 g/mol. The van der Waals surface area contributed by atoms with Crippen LogP contribution in [0.5, 0.6) is 0 Å². The summed E-state index contributed by atoms with van der Waals surface area (Å²) in [6.45, 7) is 57.7. The molecule has 0 aliphatic carbocycles. The normalized spacial score (nSPS) is 12.9. The van der Waals surface area contributed by atoms with Gasteiger partial charge in [-0.05, 0) is 146 Å². The second-order valence-corrected chi connectivity index (χ2v) is 42.5. The summed E-state index contributed by atoms with van der Waals surface area (Å²) in [4.78, 5) is 54.2. The zero-order valence-corrected chi connectivity index (χ0v) is 83.5. The van der Waals surface area contributed by atoms with Crippen molar-refractivity contribution < 1.29 is 40.0 Å². The summed E-state index contributed by atoms with van der Waals surface area (Å²) in [5, 5.41) is 84.4. The first-order valence-corrected chi connectivity index (χ1v) is 45.4. The molecule has 0 atom stereocenters. The van der Waals surface area contributed by atoms with Gasteiger partial charge in [0.1, 0.15) is 0 Å². The lowest BCUT2D eigenvalue weighted by molar-refractivity contribution is -0.404. The second-order valence-electron chi connectivity index (χ2n) is 38.6. The van der Waals surface area contributed by atoms with E-state index in [0.717, 1.165) is 148 Å². The molecular formula is C78H171N29O12S3. The molecule has 0 heterocycles. The molecule has 0 aliphatic heterocycles. The summed E-state index contributed by atoms with van der Waals surface area (Å²) in [6.07, 6.45) is 22.9. The van der Waals surface area contributed by atoms with Gasteiger partial charge in [0.2, 0.25) is 29.8 Å². The summed E-state index contributed by atoms with van der Waals surface area (Å²) in [5.41, 5.74) is 13.1. The maximum absolute atomic E-state index is 10.9. The van der Waals surface area contributed by atoms with Crippen molar-refractivity contribution in [3.63, 3.8) is 0 Å². The molecule has 41 nitrogen and oxygen atoms in total. The first kappa shape index (κ1) is 129. The van der Waals surface area contributed by atoms with E-state index in [0.29, 0.717) is 76.8 Å². The van der Waals surface area contributed by atoms with E-state index in [1.807, 2.05) is 31.2 Å². The lowest BCUT2D eigenvalue weighted by Crippen LogP contribution is -2.44. The lowest BCUT2D eigenvalue weighted by Gasteiger charge is -2.20. The number of nitrogens with one attached hydrogen (secondary N) is 11. The molecule has 0 aromatic heterocycles. The summed E-state index contributed by atoms with van der Waals surface area (Å²) in [6, 6.07) is 0. The first-order valence-electron chi connectivity index (χ1n) is 40.7. The summed E-state index contributed by atoms with van der Waals surface area (Å²) >= 11 is 0. The van der Waals surface area contributed by atoms with Gasteiger partial charge in [-0.3, -0.25) is 65.9 Å². The minimum atomic E-state index is -3.79. The Morgan fingerprint density at radius 1 is 0.385 bits per heavy atom. The monoisotopic (exact) mass is 1800 g/mol. The predicted molar refractivity (Wildman–Crippen MR) is 503 cm³/mol. The molecule has 718 valence electrons. The summed E-state index contributed by atoms with van der Waals surface area (Å²) in [5.74, 6) is 2.56. The van der Waals surface area contributed by atoms with E-state index in [2.05, 4.69) is 243 Å². The zero-order chi connectivity index (χ0) is 97.4. The van der Waals surface area contributed by atoms with Gasteiger partial charge in [-0.25, -0.2) is 29.6 Å². The smallest absolute Gasteiger partial charge is 0.298 e. The van der Waals surface area contributed by atoms with E-state index < -0.39 is 45.4 Å². The van der Waals surface area contributed by atoms with Gasteiger partial charge in [0, 0.05) is 116 Å². The second kappa shape index (κ2) is 66.8. The number of nitro groups is 3. The number of rotatable bonds is 35. The minimum Gasteiger partial charge on any atom is -0.380 e. The minimum absolute atomic E-state index is 0.115. The number of nitriles is 2. The molecule has 0 unspecified atom stereocenters. The molecule has 44 heteroatoms. The Labute approximate surface area is 737 Å². The molecule has 0 saturated heterocycles. The van der Waals surface area contributed by atoms with E-state index in [9.17, 15) is 55.6 Å². The molecule has 122 heavy (non-hydrogen) atoms. The Hall–Kier alpha value is -8.72. The van der Waals surface area contributed by atoms with Crippen LogP contribution in [0, 0.1) is 96.6 Å². The fourth-order valence-corrected chi connectivity index (χ4v) is 10.2. The Morgan fingerprint density at radius 3 is 0.951 bits per heavy atom. The van der Waals surface area contributed by atoms with E-state index in [4.69, 9.17) is 37.4 Å². The van der Waals surface area contributed by atoms with Crippen LogP contribution in [0.25, 0.3) is 0 Å². The van der Waals surface area contributed by atoms with Gasteiger partial charge in [-0.15, -0.1) is 0 Å². The van der Waals surface area contributed by atoms with E-state index in [1.54, 1.807) is 57.0 Å². The number of aliphatic imine (C=N–C) groups is 5. The fourth-order valence-electron chi connectivity index (χ4n) is 8.90. The number of guanidine groups is 5. The Kier molecular flexibility index (Phi) is 70.5. The average Bonchev–Trinajstić information content (AvgIpc) is 0.913. The van der Waals surface area contributed by atoms with Crippen LogP contribution in [-0.2, 0) is 30.6 Å². The summed E-state index contributed by atoms with van der Waals surface area (Å²) < 4.78 is 70.5. The third-order valence-electron chi connectivity index (χ3n) is 14.9. The van der Waals surface area contributed by atoms with Crippen LogP contribution in [0.4, 0.5) is 0 Å². The van der Waals surface area contributed by atoms with Crippen molar-refractivity contribution in [3.05, 3.63) is 66.4 Å². The van der Waals surface area contributed by atoms with Gasteiger partial charge in [-0.2, -0.15) is 35.8 Å². The molecule has 0 fully saturated rings. The van der Waals surface area contributed by atoms with Crippen molar-refractivity contribution in [2.24, 2.45) is 95.2 Å². The highest BCUT2D eigenvalue weighted by molar-refractivity contribution is 7.88. The van der Waals surface area contributed by atoms with Crippen LogP contribution >= 0.6 is 0 Å². The first-order chi connectivity index (χ1) is 55.0. The SMILES string of the molecule is CC(C)(C)CCCN/C(N)=C/[N+](=O)[O-].CC(C)(C)CCCN=C(N)NS(N)(=O)=O.CN(C)/C(=C\[N+](=O)[O-])NCCCC(C)(C)C.CN(C)C(=NCCCC(C)(C)C)NC#N.CN(C)C(=NCCCC(C)(C)C)NS(N)(=O)=O.CN/C(=C\[N+](=O)[O-])NCCCC(C)(C)C.CN=C(NC#N)NCCCC(C)(C)C.CN=C(NCCCC(C)(C)C)NS(N)(=O)=O. The Morgan fingerprint density at radius 2 is 0.672 bits per heavy atom. The van der Waals surface area contributed by atoms with Gasteiger partial charge in [0.25, 0.3) is 49.2 Å². The molecule has 0 aromatic rings. The topological polar surface area (TPSA) is 613 Å². The van der Waals surface area contributed by atoms with Gasteiger partial charge in [0.05, 0.1) is 14.8 Å². The number of hydrogen-bond donors (Lipinski definition) is 16. The van der Waals surface area contributed by atoms with Crippen molar-refractivity contribution in [1.29, 1.82) is 10.5 Å². The van der Waals surface area contributed by atoms with Gasteiger partial charge in [-0.1, -0.05) is 166 Å². The molecule has 0 amide bonds. The molecule has 0 aliphatic rings. The highest BCUT2D eigenvalue weighted by Crippen LogP contribution is 2.25. The molecule has 0 aromatic carbocycles. The van der Waals surface area contributed by atoms with Crippen LogP contribution in [0.3, 0.4) is 0 Å². The molecule has 0 bridgehead atoms. The lowest BCUT2D eigenvalue weighted by atomic mass is 9.91.